The van der Waals surface area contributed by atoms with Crippen LogP contribution in [-0.4, -0.2) is 80.6 Å². The highest BCUT2D eigenvalue weighted by atomic mass is 19.4. The van der Waals surface area contributed by atoms with E-state index in [1.165, 1.54) is 30.2 Å². The van der Waals surface area contributed by atoms with Gasteiger partial charge >= 0.3 is 12.2 Å². The Morgan fingerprint density at radius 1 is 1.03 bits per heavy atom. The summed E-state index contributed by atoms with van der Waals surface area (Å²) >= 11 is 0. The molecule has 1 aliphatic rings. The summed E-state index contributed by atoms with van der Waals surface area (Å²) in [7, 11) is 1.40. The lowest BCUT2D eigenvalue weighted by molar-refractivity contribution is -0.137. The number of halogens is 3. The average Bonchev–Trinajstić information content (AvgIpc) is 2.89. The zero-order valence-electron chi connectivity index (χ0n) is 21.0. The van der Waals surface area contributed by atoms with Crippen molar-refractivity contribution in [2.45, 2.75) is 6.18 Å². The molecule has 4 amide bonds. The second-order valence-corrected chi connectivity index (χ2v) is 8.57. The highest BCUT2D eigenvalue weighted by Gasteiger charge is 2.31. The molecule has 2 aromatic rings. The first-order valence-electron chi connectivity index (χ1n) is 11.9. The van der Waals surface area contributed by atoms with Crippen LogP contribution < -0.4 is 15.5 Å². The number of anilines is 3. The lowest BCUT2D eigenvalue weighted by Crippen LogP contribution is -2.50. The summed E-state index contributed by atoms with van der Waals surface area (Å²) in [5.41, 5.74) is 0.717. The molecule has 0 spiro atoms. The van der Waals surface area contributed by atoms with E-state index in [0.717, 1.165) is 17.8 Å². The minimum atomic E-state index is -4.49. The van der Waals surface area contributed by atoms with Crippen LogP contribution in [-0.2, 0) is 20.5 Å². The normalized spacial score (nSPS) is 13.6. The van der Waals surface area contributed by atoms with Gasteiger partial charge < -0.3 is 30.1 Å². The Morgan fingerprint density at radius 3 is 2.32 bits per heavy atom. The number of nitrogens with zero attached hydrogens (tertiary/aromatic N) is 3. The first-order chi connectivity index (χ1) is 18.1. The number of nitrogens with one attached hydrogen (secondary N) is 2. The Balaban J connectivity index is 1.49. The number of ether oxygens (including phenoxy) is 1. The monoisotopic (exact) mass is 533 g/mol. The summed E-state index contributed by atoms with van der Waals surface area (Å²) in [4.78, 5) is 41.9. The Hall–Kier alpha value is -4.06. The molecule has 0 atom stereocenters. The van der Waals surface area contributed by atoms with Gasteiger partial charge in [-0.1, -0.05) is 12.1 Å². The number of rotatable bonds is 9. The number of methoxy groups -OCH3 is 1. The first kappa shape index (κ1) is 28.5. The van der Waals surface area contributed by atoms with Gasteiger partial charge in [-0.05, 0) is 42.5 Å². The smallest absolute Gasteiger partial charge is 0.375 e. The van der Waals surface area contributed by atoms with Gasteiger partial charge in [0.2, 0.25) is 11.8 Å². The molecule has 1 saturated heterocycles. The summed E-state index contributed by atoms with van der Waals surface area (Å²) in [6, 6.07) is 11.2. The van der Waals surface area contributed by atoms with Crippen LogP contribution in [0.2, 0.25) is 0 Å². The summed E-state index contributed by atoms with van der Waals surface area (Å²) < 4.78 is 43.6. The number of piperazine rings is 1. The van der Waals surface area contributed by atoms with E-state index < -0.39 is 17.8 Å². The summed E-state index contributed by atoms with van der Waals surface area (Å²) in [5, 5.41) is 5.29. The fraction of sp³-hybridized carbons (Fsp3) is 0.346. The molecular weight excluding hydrogens is 503 g/mol. The highest BCUT2D eigenvalue weighted by molar-refractivity contribution is 5.95. The van der Waals surface area contributed by atoms with Crippen molar-refractivity contribution in [1.29, 1.82) is 0 Å². The van der Waals surface area contributed by atoms with Crippen molar-refractivity contribution in [3.63, 3.8) is 0 Å². The number of benzene rings is 2. The van der Waals surface area contributed by atoms with Crippen LogP contribution >= 0.6 is 0 Å². The molecule has 1 fully saturated rings. The van der Waals surface area contributed by atoms with Gasteiger partial charge in [-0.3, -0.25) is 9.59 Å². The number of amides is 4. The summed E-state index contributed by atoms with van der Waals surface area (Å²) in [6.45, 7) is 5.38. The largest absolute Gasteiger partial charge is 0.416 e. The van der Waals surface area contributed by atoms with Crippen molar-refractivity contribution in [3.05, 3.63) is 66.7 Å². The third kappa shape index (κ3) is 7.97. The number of carbonyl (C=O) groups is 3. The minimum absolute atomic E-state index is 0.0839. The quantitative estimate of drug-likeness (QED) is 0.480. The molecule has 0 aliphatic carbocycles. The highest BCUT2D eigenvalue weighted by Crippen LogP contribution is 2.30. The zero-order chi connectivity index (χ0) is 27.7. The lowest BCUT2D eigenvalue weighted by atomic mass is 10.2. The molecule has 2 aromatic carbocycles. The van der Waals surface area contributed by atoms with Crippen molar-refractivity contribution in [1.82, 2.24) is 9.80 Å². The second kappa shape index (κ2) is 13.0. The Labute approximate surface area is 218 Å². The number of hydrogen-bond acceptors (Lipinski definition) is 5. The van der Waals surface area contributed by atoms with Crippen LogP contribution in [0.3, 0.4) is 0 Å². The molecule has 1 heterocycles. The number of alkyl halides is 3. The maximum Gasteiger partial charge on any atom is 0.416 e. The third-order valence-electron chi connectivity index (χ3n) is 5.83. The van der Waals surface area contributed by atoms with Crippen LogP contribution in [0.1, 0.15) is 5.56 Å². The van der Waals surface area contributed by atoms with E-state index in [2.05, 4.69) is 22.1 Å². The van der Waals surface area contributed by atoms with E-state index in [-0.39, 0.29) is 37.2 Å². The fourth-order valence-corrected chi connectivity index (χ4v) is 3.90. The zero-order valence-corrected chi connectivity index (χ0v) is 21.0. The van der Waals surface area contributed by atoms with E-state index in [0.29, 0.717) is 31.9 Å². The van der Waals surface area contributed by atoms with Gasteiger partial charge in [0.15, 0.2) is 0 Å². The van der Waals surface area contributed by atoms with Crippen LogP contribution in [0.25, 0.3) is 0 Å². The predicted octanol–water partition coefficient (Wildman–Crippen LogP) is 3.66. The third-order valence-corrected chi connectivity index (χ3v) is 5.83. The van der Waals surface area contributed by atoms with Crippen LogP contribution in [0, 0.1) is 0 Å². The SMILES string of the molecule is C=CCN(CC(=O)Nc1ccc(N2CCN(C(=O)Nc3cccc(C(F)(F)F)c3)CC2)cc1)C(=O)COC. The minimum Gasteiger partial charge on any atom is -0.375 e. The standard InChI is InChI=1S/C26H30F3N5O4/c1-3-11-34(24(36)18-38-2)17-23(35)30-20-7-9-22(10-8-20)32-12-14-33(15-13-32)25(37)31-21-6-4-5-19(16-21)26(27,28)29/h3-10,16H,1,11-15,17-18H2,2H3,(H,30,35)(H,31,37). The molecule has 3 rings (SSSR count). The van der Waals surface area contributed by atoms with Gasteiger partial charge in [-0.15, -0.1) is 6.58 Å². The van der Waals surface area contributed by atoms with Crippen molar-refractivity contribution < 1.29 is 32.3 Å². The van der Waals surface area contributed by atoms with Gasteiger partial charge in [0.1, 0.15) is 13.2 Å². The topological polar surface area (TPSA) is 94.2 Å². The van der Waals surface area contributed by atoms with E-state index >= 15 is 0 Å². The van der Waals surface area contributed by atoms with E-state index in [4.69, 9.17) is 4.74 Å². The molecule has 0 bridgehead atoms. The lowest BCUT2D eigenvalue weighted by Gasteiger charge is -2.36. The molecule has 12 heteroatoms. The van der Waals surface area contributed by atoms with E-state index in [1.54, 1.807) is 17.0 Å². The van der Waals surface area contributed by atoms with Crippen molar-refractivity contribution in [3.8, 4) is 0 Å². The van der Waals surface area contributed by atoms with Gasteiger partial charge in [0.25, 0.3) is 0 Å². The molecular formula is C26H30F3N5O4. The van der Waals surface area contributed by atoms with Crippen LogP contribution in [0.4, 0.5) is 35.0 Å². The number of hydrogen-bond donors (Lipinski definition) is 2. The van der Waals surface area contributed by atoms with Gasteiger partial charge in [0.05, 0.1) is 5.56 Å². The average molecular weight is 534 g/mol. The Bertz CT molecular complexity index is 1130. The molecule has 0 saturated carbocycles. The Morgan fingerprint density at radius 2 is 1.71 bits per heavy atom. The molecule has 0 unspecified atom stereocenters. The number of urea groups is 1. The van der Waals surface area contributed by atoms with E-state index in [9.17, 15) is 27.6 Å². The van der Waals surface area contributed by atoms with Gasteiger partial charge in [-0.25, -0.2) is 4.79 Å². The predicted molar refractivity (Wildman–Crippen MR) is 138 cm³/mol. The first-order valence-corrected chi connectivity index (χ1v) is 11.9. The molecule has 0 radical (unpaired) electrons. The second-order valence-electron chi connectivity index (χ2n) is 8.57. The van der Waals surface area contributed by atoms with Crippen molar-refractivity contribution >= 4 is 34.9 Å². The van der Waals surface area contributed by atoms with Gasteiger partial charge in [0, 0.05) is 56.9 Å². The van der Waals surface area contributed by atoms with Gasteiger partial charge in [-0.2, -0.15) is 13.2 Å². The Kier molecular flexibility index (Phi) is 9.72. The maximum atomic E-state index is 12.9. The molecule has 204 valence electrons. The van der Waals surface area contributed by atoms with Crippen molar-refractivity contribution in [2.75, 3.05) is 68.5 Å². The molecule has 2 N–H and O–H groups in total. The molecule has 38 heavy (non-hydrogen) atoms. The summed E-state index contributed by atoms with van der Waals surface area (Å²) in [6.07, 6.45) is -2.95. The maximum absolute atomic E-state index is 12.9. The van der Waals surface area contributed by atoms with Crippen molar-refractivity contribution in [2.24, 2.45) is 0 Å². The van der Waals surface area contributed by atoms with Crippen LogP contribution in [0.5, 0.6) is 0 Å². The molecule has 1 aliphatic heterocycles. The number of carbonyl (C=O) groups excluding carboxylic acids is 3. The van der Waals surface area contributed by atoms with E-state index in [1.807, 2.05) is 12.1 Å². The molecule has 0 aromatic heterocycles. The fourth-order valence-electron chi connectivity index (χ4n) is 3.90. The summed E-state index contributed by atoms with van der Waals surface area (Å²) in [5.74, 6) is -0.676. The van der Waals surface area contributed by atoms with Crippen LogP contribution in [0.15, 0.2) is 61.2 Å². The molecule has 9 nitrogen and oxygen atoms in total.